The highest BCUT2D eigenvalue weighted by molar-refractivity contribution is 5.76. The molecule has 4 nitrogen and oxygen atoms in total. The number of allylic oxidation sites excluding steroid dienone is 5. The second kappa shape index (κ2) is 39.1. The van der Waals surface area contributed by atoms with E-state index in [9.17, 15) is 15.0 Å². The Kier molecular flexibility index (Phi) is 37.9. The summed E-state index contributed by atoms with van der Waals surface area (Å²) in [4.78, 5) is 12.0. The van der Waals surface area contributed by atoms with E-state index in [0.717, 1.165) is 51.4 Å². The molecule has 0 bridgehead atoms. The van der Waals surface area contributed by atoms with Gasteiger partial charge < -0.3 is 15.5 Å². The van der Waals surface area contributed by atoms with Gasteiger partial charge in [0.05, 0.1) is 18.8 Å². The summed E-state index contributed by atoms with van der Waals surface area (Å²) < 4.78 is 0. The van der Waals surface area contributed by atoms with Crippen molar-refractivity contribution in [3.63, 3.8) is 0 Å². The number of carbonyl (C=O) groups excluding carboxylic acids is 1. The molecule has 0 aromatic rings. The molecule has 0 saturated heterocycles. The van der Waals surface area contributed by atoms with Crippen LogP contribution in [0.15, 0.2) is 36.5 Å². The van der Waals surface area contributed by atoms with Crippen LogP contribution in [0.4, 0.5) is 0 Å². The van der Waals surface area contributed by atoms with Crippen LogP contribution in [0.3, 0.4) is 0 Å². The van der Waals surface area contributed by atoms with Crippen LogP contribution in [0.25, 0.3) is 0 Å². The van der Waals surface area contributed by atoms with Crippen molar-refractivity contribution in [1.29, 1.82) is 0 Å². The highest BCUT2D eigenvalue weighted by Gasteiger charge is 2.17. The summed E-state index contributed by atoms with van der Waals surface area (Å²) in [6, 6.07) is -0.638. The van der Waals surface area contributed by atoms with Crippen molar-refractivity contribution in [2.75, 3.05) is 6.61 Å². The molecule has 2 atom stereocenters. The lowest BCUT2D eigenvalue weighted by atomic mass is 10.0. The van der Waals surface area contributed by atoms with Crippen LogP contribution >= 0.6 is 0 Å². The van der Waals surface area contributed by atoms with Crippen LogP contribution in [0.5, 0.6) is 0 Å². The zero-order valence-electron chi connectivity index (χ0n) is 31.5. The van der Waals surface area contributed by atoms with E-state index in [0.29, 0.717) is 6.42 Å². The number of unbranched alkanes of at least 4 members (excludes halogenated alkanes) is 26. The molecule has 0 radical (unpaired) electrons. The average molecular weight is 660 g/mol. The van der Waals surface area contributed by atoms with E-state index in [1.54, 1.807) is 6.08 Å². The van der Waals surface area contributed by atoms with E-state index in [1.165, 1.54) is 141 Å². The fourth-order valence-electron chi connectivity index (χ4n) is 6.15. The molecular formula is C43H81NO3. The molecule has 0 rings (SSSR count). The fourth-order valence-corrected chi connectivity index (χ4v) is 6.15. The van der Waals surface area contributed by atoms with Crippen LogP contribution in [0.2, 0.25) is 0 Å². The first-order chi connectivity index (χ1) is 23.2. The molecule has 1 amide bonds. The van der Waals surface area contributed by atoms with Crippen LogP contribution < -0.4 is 5.32 Å². The Balaban J connectivity index is 3.45. The summed E-state index contributed by atoms with van der Waals surface area (Å²) >= 11 is 0. The Hall–Kier alpha value is -1.39. The maximum atomic E-state index is 12.0. The molecule has 2 unspecified atom stereocenters. The summed E-state index contributed by atoms with van der Waals surface area (Å²) in [7, 11) is 0. The minimum absolute atomic E-state index is 0.0968. The van der Waals surface area contributed by atoms with Crippen LogP contribution in [-0.2, 0) is 4.79 Å². The zero-order valence-corrected chi connectivity index (χ0v) is 31.5. The second-order valence-electron chi connectivity index (χ2n) is 14.0. The topological polar surface area (TPSA) is 69.6 Å². The third kappa shape index (κ3) is 35.7. The monoisotopic (exact) mass is 660 g/mol. The van der Waals surface area contributed by atoms with Gasteiger partial charge in [-0.2, -0.15) is 0 Å². The van der Waals surface area contributed by atoms with Crippen LogP contribution in [0.1, 0.15) is 213 Å². The lowest BCUT2D eigenvalue weighted by Crippen LogP contribution is -2.45. The van der Waals surface area contributed by atoms with Gasteiger partial charge >= 0.3 is 0 Å². The van der Waals surface area contributed by atoms with Crippen molar-refractivity contribution in [3.8, 4) is 0 Å². The largest absolute Gasteiger partial charge is 0.394 e. The summed E-state index contributed by atoms with van der Waals surface area (Å²) in [6.45, 7) is 4.17. The quantitative estimate of drug-likeness (QED) is 0.0459. The minimum Gasteiger partial charge on any atom is -0.394 e. The highest BCUT2D eigenvalue weighted by atomic mass is 16.3. The van der Waals surface area contributed by atoms with Crippen molar-refractivity contribution < 1.29 is 15.0 Å². The van der Waals surface area contributed by atoms with Crippen molar-refractivity contribution in [2.45, 2.75) is 225 Å². The van der Waals surface area contributed by atoms with Gasteiger partial charge in [0.2, 0.25) is 5.91 Å². The van der Waals surface area contributed by atoms with Crippen LogP contribution in [0, 0.1) is 0 Å². The standard InChI is InChI=1S/C43H81NO3/c1-3-5-7-9-10-11-12-13-14-15-16-17-18-19-20-21-22-23-24-25-26-27-28-29-30-31-32-33-34-35-36-38-42(46)41(40-45)44-43(47)39-37-8-6-4-2/h28-29,32-33,36,38,41-42,45-46H,3-27,30-31,34-35,37,39-40H2,1-2H3,(H,44,47)/b29-28+,33-32+,38-36+. The van der Waals surface area contributed by atoms with Crippen LogP contribution in [-0.4, -0.2) is 34.9 Å². The molecule has 276 valence electrons. The Morgan fingerprint density at radius 1 is 0.489 bits per heavy atom. The number of nitrogens with one attached hydrogen (secondary N) is 1. The summed E-state index contributed by atoms with van der Waals surface area (Å²) in [5.74, 6) is -0.0968. The third-order valence-electron chi connectivity index (χ3n) is 9.35. The van der Waals surface area contributed by atoms with Gasteiger partial charge in [0.15, 0.2) is 0 Å². The van der Waals surface area contributed by atoms with Gasteiger partial charge in [-0.1, -0.05) is 198 Å². The lowest BCUT2D eigenvalue weighted by Gasteiger charge is -2.19. The number of aliphatic hydroxyl groups is 2. The molecule has 0 aliphatic carbocycles. The SMILES string of the molecule is CCCCCCCCCCCCCCCCCCCCCCC/C=C/CC/C=C/CC/C=C/C(O)C(CO)NC(=O)CCCCCC. The maximum Gasteiger partial charge on any atom is 0.220 e. The van der Waals surface area contributed by atoms with Gasteiger partial charge in [-0.15, -0.1) is 0 Å². The normalized spacial score (nSPS) is 13.4. The number of hydrogen-bond acceptors (Lipinski definition) is 3. The van der Waals surface area contributed by atoms with E-state index in [4.69, 9.17) is 0 Å². The predicted octanol–water partition coefficient (Wildman–Crippen LogP) is 12.6. The lowest BCUT2D eigenvalue weighted by molar-refractivity contribution is -0.123. The smallest absolute Gasteiger partial charge is 0.220 e. The van der Waals surface area contributed by atoms with Crippen molar-refractivity contribution in [3.05, 3.63) is 36.5 Å². The first-order valence-corrected chi connectivity index (χ1v) is 20.7. The molecular weight excluding hydrogens is 578 g/mol. The number of rotatable bonds is 37. The molecule has 0 fully saturated rings. The number of aliphatic hydroxyl groups excluding tert-OH is 2. The first-order valence-electron chi connectivity index (χ1n) is 20.7. The zero-order chi connectivity index (χ0) is 34.3. The average Bonchev–Trinajstić information content (AvgIpc) is 3.08. The van der Waals surface area contributed by atoms with Gasteiger partial charge in [-0.05, 0) is 44.9 Å². The van der Waals surface area contributed by atoms with Gasteiger partial charge in [-0.25, -0.2) is 0 Å². The minimum atomic E-state index is -0.864. The summed E-state index contributed by atoms with van der Waals surface area (Å²) in [5.41, 5.74) is 0. The Morgan fingerprint density at radius 3 is 1.23 bits per heavy atom. The molecule has 0 saturated carbocycles. The molecule has 0 aliphatic rings. The van der Waals surface area contributed by atoms with Gasteiger partial charge in [0.1, 0.15) is 0 Å². The Bertz CT molecular complexity index is 716. The summed E-state index contributed by atoms with van der Waals surface area (Å²) in [5, 5.41) is 22.6. The van der Waals surface area contributed by atoms with Gasteiger partial charge in [0, 0.05) is 6.42 Å². The van der Waals surface area contributed by atoms with E-state index >= 15 is 0 Å². The van der Waals surface area contributed by atoms with Crippen molar-refractivity contribution >= 4 is 5.91 Å². The van der Waals surface area contributed by atoms with Gasteiger partial charge in [-0.3, -0.25) is 4.79 Å². The number of hydrogen-bond donors (Lipinski definition) is 3. The predicted molar refractivity (Wildman–Crippen MR) is 207 cm³/mol. The molecule has 47 heavy (non-hydrogen) atoms. The Labute approximate surface area is 293 Å². The second-order valence-corrected chi connectivity index (χ2v) is 14.0. The van der Waals surface area contributed by atoms with Crippen molar-refractivity contribution in [1.82, 2.24) is 5.32 Å². The van der Waals surface area contributed by atoms with E-state index < -0.39 is 12.1 Å². The van der Waals surface area contributed by atoms with Gasteiger partial charge in [0.25, 0.3) is 0 Å². The van der Waals surface area contributed by atoms with E-state index in [2.05, 4.69) is 43.5 Å². The Morgan fingerprint density at radius 2 is 0.830 bits per heavy atom. The molecule has 0 heterocycles. The molecule has 0 aliphatic heterocycles. The first kappa shape index (κ1) is 45.6. The number of carbonyl (C=O) groups is 1. The molecule has 0 aromatic heterocycles. The summed E-state index contributed by atoms with van der Waals surface area (Å²) in [6.07, 6.45) is 51.8. The molecule has 3 N–H and O–H groups in total. The van der Waals surface area contributed by atoms with E-state index in [-0.39, 0.29) is 12.5 Å². The highest BCUT2D eigenvalue weighted by Crippen LogP contribution is 2.15. The van der Waals surface area contributed by atoms with E-state index in [1.807, 2.05) is 6.08 Å². The van der Waals surface area contributed by atoms with Crippen molar-refractivity contribution in [2.24, 2.45) is 0 Å². The number of amides is 1. The molecule has 0 aromatic carbocycles. The molecule has 4 heteroatoms. The third-order valence-corrected chi connectivity index (χ3v) is 9.35. The fraction of sp³-hybridized carbons (Fsp3) is 0.837. The molecule has 0 spiro atoms. The maximum absolute atomic E-state index is 12.0.